The number of carbonyl (C=O) groups excluding carboxylic acids is 1. The van der Waals surface area contributed by atoms with Crippen molar-refractivity contribution in [1.29, 1.82) is 0 Å². The number of hydrogen-bond acceptors (Lipinski definition) is 3. The molecule has 0 bridgehead atoms. The molecule has 0 atom stereocenters. The molecule has 0 saturated heterocycles. The predicted molar refractivity (Wildman–Crippen MR) is 56.9 cm³/mol. The van der Waals surface area contributed by atoms with E-state index in [1.165, 1.54) is 0 Å². The lowest BCUT2D eigenvalue weighted by Gasteiger charge is -2.19. The van der Waals surface area contributed by atoms with E-state index in [1.807, 2.05) is 38.5 Å². The van der Waals surface area contributed by atoms with Crippen molar-refractivity contribution < 1.29 is 9.53 Å². The van der Waals surface area contributed by atoms with E-state index in [2.05, 4.69) is 5.32 Å². The molecule has 0 spiro atoms. The minimum absolute atomic E-state index is 0.377. The van der Waals surface area contributed by atoms with Crippen LogP contribution in [0, 0.1) is 0 Å². The lowest BCUT2D eigenvalue weighted by Crippen LogP contribution is -2.32. The number of rotatable bonds is 3. The number of amides is 1. The number of carbonyl (C=O) groups is 1. The van der Waals surface area contributed by atoms with E-state index in [0.717, 1.165) is 0 Å². The number of nitrogens with one attached hydrogen (secondary N) is 1. The van der Waals surface area contributed by atoms with Crippen LogP contribution < -0.4 is 5.32 Å². The number of ether oxygens (including phenoxy) is 1. The molecule has 76 valence electrons. The first-order valence-electron chi connectivity index (χ1n) is 4.10. The molecule has 13 heavy (non-hydrogen) atoms. The van der Waals surface area contributed by atoms with E-state index in [9.17, 15) is 4.79 Å². The van der Waals surface area contributed by atoms with Crippen LogP contribution in [0.25, 0.3) is 0 Å². The number of thioether (sulfide) groups is 1. The largest absolute Gasteiger partial charge is 0.444 e. The molecule has 0 aliphatic rings. The third-order valence-corrected chi connectivity index (χ3v) is 1.46. The summed E-state index contributed by atoms with van der Waals surface area (Å²) in [7, 11) is 0. The second-order valence-electron chi connectivity index (χ2n) is 3.49. The second kappa shape index (κ2) is 5.91. The van der Waals surface area contributed by atoms with Crippen LogP contribution in [0.2, 0.25) is 0 Å². The highest BCUT2D eigenvalue weighted by molar-refractivity contribution is 8.01. The van der Waals surface area contributed by atoms with E-state index in [0.29, 0.717) is 6.54 Å². The standard InChI is InChI=1S/C9H17NO2S/c1-9(2,3)12-8(11)10-6-5-7-13-4/h5,7H,6H2,1-4H3,(H,10,11)/b7-5+. The zero-order chi connectivity index (χ0) is 10.3. The van der Waals surface area contributed by atoms with Gasteiger partial charge in [-0.2, -0.15) is 0 Å². The molecule has 3 nitrogen and oxygen atoms in total. The summed E-state index contributed by atoms with van der Waals surface area (Å²) in [6.45, 7) is 6.02. The van der Waals surface area contributed by atoms with Gasteiger partial charge in [0.05, 0.1) is 0 Å². The van der Waals surface area contributed by atoms with Gasteiger partial charge in [-0.15, -0.1) is 11.8 Å². The Morgan fingerprint density at radius 1 is 1.54 bits per heavy atom. The van der Waals surface area contributed by atoms with Gasteiger partial charge in [0.2, 0.25) is 0 Å². The molecule has 0 saturated carbocycles. The summed E-state index contributed by atoms with van der Waals surface area (Å²) in [5.41, 5.74) is -0.423. The maximum atomic E-state index is 11.0. The molecule has 0 fully saturated rings. The maximum Gasteiger partial charge on any atom is 0.407 e. The fourth-order valence-corrected chi connectivity index (χ4v) is 0.889. The van der Waals surface area contributed by atoms with Crippen molar-refractivity contribution in [3.63, 3.8) is 0 Å². The van der Waals surface area contributed by atoms with Crippen molar-refractivity contribution in [2.75, 3.05) is 12.8 Å². The van der Waals surface area contributed by atoms with E-state index in [1.54, 1.807) is 11.8 Å². The Morgan fingerprint density at radius 2 is 2.15 bits per heavy atom. The number of alkyl carbamates (subject to hydrolysis) is 1. The predicted octanol–water partition coefficient (Wildman–Crippen LogP) is 2.39. The van der Waals surface area contributed by atoms with E-state index in [4.69, 9.17) is 4.74 Å². The van der Waals surface area contributed by atoms with Crippen LogP contribution in [-0.4, -0.2) is 24.5 Å². The van der Waals surface area contributed by atoms with Crippen LogP contribution in [0.15, 0.2) is 11.5 Å². The van der Waals surface area contributed by atoms with Gasteiger partial charge in [0, 0.05) is 6.54 Å². The highest BCUT2D eigenvalue weighted by Crippen LogP contribution is 2.06. The Bertz CT molecular complexity index is 185. The molecule has 0 aromatic heterocycles. The Hall–Kier alpha value is -0.640. The van der Waals surface area contributed by atoms with Crippen molar-refractivity contribution in [1.82, 2.24) is 5.32 Å². The van der Waals surface area contributed by atoms with Gasteiger partial charge < -0.3 is 10.1 Å². The third kappa shape index (κ3) is 9.27. The van der Waals surface area contributed by atoms with Crippen molar-refractivity contribution in [3.8, 4) is 0 Å². The first-order chi connectivity index (χ1) is 5.95. The molecule has 0 aromatic rings. The normalized spacial score (nSPS) is 11.7. The summed E-state index contributed by atoms with van der Waals surface area (Å²) in [6.07, 6.45) is 3.46. The molecule has 0 heterocycles. The van der Waals surface area contributed by atoms with Crippen molar-refractivity contribution >= 4 is 17.9 Å². The van der Waals surface area contributed by atoms with Crippen molar-refractivity contribution in [2.24, 2.45) is 0 Å². The summed E-state index contributed by atoms with van der Waals surface area (Å²) >= 11 is 1.59. The van der Waals surface area contributed by atoms with Crippen molar-refractivity contribution in [2.45, 2.75) is 26.4 Å². The van der Waals surface area contributed by atoms with Crippen LogP contribution >= 0.6 is 11.8 Å². The molecule has 0 aromatic carbocycles. The van der Waals surface area contributed by atoms with Crippen LogP contribution in [0.5, 0.6) is 0 Å². The van der Waals surface area contributed by atoms with Crippen LogP contribution in [-0.2, 0) is 4.74 Å². The highest BCUT2D eigenvalue weighted by Gasteiger charge is 2.14. The molecular weight excluding hydrogens is 186 g/mol. The molecule has 0 aliphatic heterocycles. The van der Waals surface area contributed by atoms with Gasteiger partial charge in [0.25, 0.3) is 0 Å². The number of hydrogen-bond donors (Lipinski definition) is 1. The van der Waals surface area contributed by atoms with E-state index < -0.39 is 5.60 Å². The Labute approximate surface area is 83.9 Å². The van der Waals surface area contributed by atoms with Crippen LogP contribution in [0.4, 0.5) is 4.79 Å². The summed E-state index contributed by atoms with van der Waals surface area (Å²) < 4.78 is 5.03. The van der Waals surface area contributed by atoms with Gasteiger partial charge in [-0.25, -0.2) is 4.79 Å². The molecule has 1 amide bonds. The quantitative estimate of drug-likeness (QED) is 0.765. The Morgan fingerprint density at radius 3 is 2.62 bits per heavy atom. The van der Waals surface area contributed by atoms with Crippen molar-refractivity contribution in [3.05, 3.63) is 11.5 Å². The van der Waals surface area contributed by atoms with Gasteiger partial charge in [-0.05, 0) is 32.4 Å². The first-order valence-corrected chi connectivity index (χ1v) is 5.39. The fourth-order valence-electron chi connectivity index (χ4n) is 0.601. The zero-order valence-corrected chi connectivity index (χ0v) is 9.40. The van der Waals surface area contributed by atoms with Gasteiger partial charge >= 0.3 is 6.09 Å². The van der Waals surface area contributed by atoms with Crippen LogP contribution in [0.1, 0.15) is 20.8 Å². The molecule has 0 aliphatic carbocycles. The second-order valence-corrected chi connectivity index (χ2v) is 4.23. The topological polar surface area (TPSA) is 38.3 Å². The van der Waals surface area contributed by atoms with Gasteiger partial charge in [0.1, 0.15) is 5.60 Å². The average Bonchev–Trinajstić information content (AvgIpc) is 1.94. The monoisotopic (exact) mass is 203 g/mol. The van der Waals surface area contributed by atoms with Gasteiger partial charge in [-0.3, -0.25) is 0 Å². The molecular formula is C9H17NO2S. The smallest absolute Gasteiger partial charge is 0.407 e. The minimum Gasteiger partial charge on any atom is -0.444 e. The lowest BCUT2D eigenvalue weighted by atomic mass is 10.2. The zero-order valence-electron chi connectivity index (χ0n) is 8.59. The fraction of sp³-hybridized carbons (Fsp3) is 0.667. The third-order valence-electron chi connectivity index (χ3n) is 0.995. The van der Waals surface area contributed by atoms with Crippen LogP contribution in [0.3, 0.4) is 0 Å². The average molecular weight is 203 g/mol. The first kappa shape index (κ1) is 12.4. The van der Waals surface area contributed by atoms with E-state index >= 15 is 0 Å². The summed E-state index contributed by atoms with van der Waals surface area (Å²) in [6, 6.07) is 0. The maximum absolute atomic E-state index is 11.0. The molecule has 1 N–H and O–H groups in total. The molecule has 0 radical (unpaired) electrons. The lowest BCUT2D eigenvalue weighted by molar-refractivity contribution is 0.0534. The Balaban J connectivity index is 3.58. The Kier molecular flexibility index (Phi) is 5.62. The SMILES string of the molecule is CS/C=C/CNC(=O)OC(C)(C)C. The van der Waals surface area contributed by atoms with Gasteiger partial charge in [0.15, 0.2) is 0 Å². The van der Waals surface area contributed by atoms with Gasteiger partial charge in [-0.1, -0.05) is 6.08 Å². The molecule has 0 unspecified atom stereocenters. The summed E-state index contributed by atoms with van der Waals surface area (Å²) in [5.74, 6) is 0. The highest BCUT2D eigenvalue weighted by atomic mass is 32.2. The minimum atomic E-state index is -0.423. The molecule has 4 heteroatoms. The van der Waals surface area contributed by atoms with E-state index in [-0.39, 0.29) is 6.09 Å². The summed E-state index contributed by atoms with van der Waals surface area (Å²) in [4.78, 5) is 11.0. The summed E-state index contributed by atoms with van der Waals surface area (Å²) in [5, 5.41) is 4.53. The molecule has 0 rings (SSSR count).